The standard InChI is InChI=1S/C9H16N2O4S.2ClH/c1-15-9(12)4-11-3-2-10-7-5-16(13,14)6-8(7)11;;/h7-8,10H,2-6H2,1H3;2*1H. The molecular formula is C9H18Cl2N2O4S. The second-order valence-corrected chi connectivity index (χ2v) is 6.41. The van der Waals surface area contributed by atoms with Crippen LogP contribution in [0.25, 0.3) is 0 Å². The molecule has 9 heteroatoms. The number of halogens is 2. The molecule has 0 aliphatic carbocycles. The maximum atomic E-state index is 11.5. The Morgan fingerprint density at radius 3 is 2.67 bits per heavy atom. The average Bonchev–Trinajstić information content (AvgIpc) is 2.53. The third-order valence-corrected chi connectivity index (χ3v) is 4.87. The van der Waals surface area contributed by atoms with Gasteiger partial charge in [0.25, 0.3) is 0 Å². The number of sulfone groups is 1. The Morgan fingerprint density at radius 1 is 1.39 bits per heavy atom. The van der Waals surface area contributed by atoms with Crippen LogP contribution in [0.1, 0.15) is 0 Å². The maximum Gasteiger partial charge on any atom is 0.319 e. The van der Waals surface area contributed by atoms with Crippen LogP contribution in [-0.2, 0) is 19.4 Å². The lowest BCUT2D eigenvalue weighted by Gasteiger charge is -2.36. The summed E-state index contributed by atoms with van der Waals surface area (Å²) in [5, 5.41) is 3.18. The molecule has 2 fully saturated rings. The summed E-state index contributed by atoms with van der Waals surface area (Å²) >= 11 is 0. The second kappa shape index (κ2) is 6.91. The molecule has 0 aromatic carbocycles. The van der Waals surface area contributed by atoms with Crippen LogP contribution in [0.15, 0.2) is 0 Å². The van der Waals surface area contributed by atoms with Crippen LogP contribution in [0.5, 0.6) is 0 Å². The van der Waals surface area contributed by atoms with Crippen molar-refractivity contribution in [1.82, 2.24) is 10.2 Å². The van der Waals surface area contributed by atoms with E-state index in [1.807, 2.05) is 4.90 Å². The van der Waals surface area contributed by atoms with E-state index < -0.39 is 9.84 Å². The van der Waals surface area contributed by atoms with Gasteiger partial charge < -0.3 is 10.1 Å². The third-order valence-electron chi connectivity index (χ3n) is 3.16. The zero-order valence-corrected chi connectivity index (χ0v) is 12.4. The number of methoxy groups -OCH3 is 1. The molecule has 0 spiro atoms. The van der Waals surface area contributed by atoms with E-state index in [0.29, 0.717) is 13.1 Å². The van der Waals surface area contributed by atoms with Crippen molar-refractivity contribution in [3.05, 3.63) is 0 Å². The van der Waals surface area contributed by atoms with Crippen LogP contribution in [-0.4, -0.2) is 69.6 Å². The highest BCUT2D eigenvalue weighted by atomic mass is 35.5. The van der Waals surface area contributed by atoms with E-state index in [9.17, 15) is 13.2 Å². The Kier molecular flexibility index (Phi) is 6.87. The molecule has 2 unspecified atom stereocenters. The Morgan fingerprint density at radius 2 is 2.06 bits per heavy atom. The molecule has 108 valence electrons. The Balaban J connectivity index is 0.00000144. The van der Waals surface area contributed by atoms with Crippen LogP contribution in [0.2, 0.25) is 0 Å². The lowest BCUT2D eigenvalue weighted by atomic mass is 10.1. The van der Waals surface area contributed by atoms with Gasteiger partial charge in [-0.15, -0.1) is 24.8 Å². The van der Waals surface area contributed by atoms with Gasteiger partial charge in [-0.05, 0) is 0 Å². The number of piperazine rings is 1. The molecule has 2 aliphatic heterocycles. The van der Waals surface area contributed by atoms with Gasteiger partial charge in [-0.25, -0.2) is 8.42 Å². The average molecular weight is 321 g/mol. The SMILES string of the molecule is COC(=O)CN1CCNC2CS(=O)(=O)CC21.Cl.Cl. The van der Waals surface area contributed by atoms with Gasteiger partial charge >= 0.3 is 5.97 Å². The van der Waals surface area contributed by atoms with Crippen molar-refractivity contribution in [2.24, 2.45) is 0 Å². The van der Waals surface area contributed by atoms with Gasteiger partial charge in [-0.1, -0.05) is 0 Å². The Bertz CT molecular complexity index is 390. The third kappa shape index (κ3) is 3.96. The first-order chi connectivity index (χ1) is 7.52. The normalized spacial score (nSPS) is 29.6. The number of rotatable bonds is 2. The van der Waals surface area contributed by atoms with Crippen LogP contribution in [0, 0.1) is 0 Å². The minimum absolute atomic E-state index is 0. The molecule has 0 saturated carbocycles. The molecule has 0 bridgehead atoms. The quantitative estimate of drug-likeness (QED) is 0.663. The summed E-state index contributed by atoms with van der Waals surface area (Å²) in [6.07, 6.45) is 0. The van der Waals surface area contributed by atoms with Crippen LogP contribution in [0.3, 0.4) is 0 Å². The lowest BCUT2D eigenvalue weighted by molar-refractivity contribution is -0.142. The molecule has 0 radical (unpaired) electrons. The number of carbonyl (C=O) groups excluding carboxylic acids is 1. The number of nitrogens with one attached hydrogen (secondary N) is 1. The Hall–Kier alpha value is -0.0800. The molecule has 2 saturated heterocycles. The molecular weight excluding hydrogens is 303 g/mol. The van der Waals surface area contributed by atoms with Crippen LogP contribution < -0.4 is 5.32 Å². The molecule has 1 N–H and O–H groups in total. The van der Waals surface area contributed by atoms with Crippen molar-refractivity contribution in [2.75, 3.05) is 38.2 Å². The van der Waals surface area contributed by atoms with E-state index in [2.05, 4.69) is 10.1 Å². The molecule has 18 heavy (non-hydrogen) atoms. The molecule has 6 nitrogen and oxygen atoms in total. The van der Waals surface area contributed by atoms with E-state index in [-0.39, 0.29) is 60.9 Å². The minimum atomic E-state index is -2.96. The van der Waals surface area contributed by atoms with E-state index in [1.54, 1.807) is 0 Å². The first kappa shape index (κ1) is 17.9. The zero-order chi connectivity index (χ0) is 11.8. The summed E-state index contributed by atoms with van der Waals surface area (Å²) in [5.74, 6) is 0.00161. The van der Waals surface area contributed by atoms with Crippen molar-refractivity contribution in [1.29, 1.82) is 0 Å². The topological polar surface area (TPSA) is 75.7 Å². The second-order valence-electron chi connectivity index (χ2n) is 4.25. The van der Waals surface area contributed by atoms with Crippen LogP contribution in [0.4, 0.5) is 0 Å². The molecule has 2 aliphatic rings. The highest BCUT2D eigenvalue weighted by molar-refractivity contribution is 7.91. The summed E-state index contributed by atoms with van der Waals surface area (Å²) in [6.45, 7) is 1.58. The first-order valence-corrected chi connectivity index (χ1v) is 7.08. The number of ether oxygens (including phenoxy) is 1. The van der Waals surface area contributed by atoms with Gasteiger partial charge in [0.1, 0.15) is 0 Å². The number of fused-ring (bicyclic) bond motifs is 1. The van der Waals surface area contributed by atoms with Gasteiger partial charge in [0.05, 0.1) is 25.2 Å². The predicted molar refractivity (Wildman–Crippen MR) is 72.3 cm³/mol. The maximum absolute atomic E-state index is 11.5. The summed E-state index contributed by atoms with van der Waals surface area (Å²) < 4.78 is 27.6. The number of hydrogen-bond acceptors (Lipinski definition) is 6. The first-order valence-electron chi connectivity index (χ1n) is 5.26. The highest BCUT2D eigenvalue weighted by Gasteiger charge is 2.43. The predicted octanol–water partition coefficient (Wildman–Crippen LogP) is -0.926. The monoisotopic (exact) mass is 320 g/mol. The number of esters is 1. The van der Waals surface area contributed by atoms with Gasteiger partial charge in [0.15, 0.2) is 9.84 Å². The highest BCUT2D eigenvalue weighted by Crippen LogP contribution is 2.20. The summed E-state index contributed by atoms with van der Waals surface area (Å²) in [6, 6.07) is -0.124. The molecule has 0 aromatic rings. The summed E-state index contributed by atoms with van der Waals surface area (Å²) in [5.41, 5.74) is 0. The largest absolute Gasteiger partial charge is 0.468 e. The fourth-order valence-corrected chi connectivity index (χ4v) is 4.36. The molecule has 0 amide bonds. The van der Waals surface area contributed by atoms with E-state index in [0.717, 1.165) is 0 Å². The molecule has 2 heterocycles. The van der Waals surface area contributed by atoms with Gasteiger partial charge in [0, 0.05) is 25.2 Å². The van der Waals surface area contributed by atoms with E-state index in [1.165, 1.54) is 7.11 Å². The van der Waals surface area contributed by atoms with Crippen LogP contribution >= 0.6 is 24.8 Å². The van der Waals surface area contributed by atoms with Crippen molar-refractivity contribution >= 4 is 40.6 Å². The van der Waals surface area contributed by atoms with Crippen molar-refractivity contribution < 1.29 is 17.9 Å². The number of nitrogens with zero attached hydrogens (tertiary/aromatic N) is 1. The lowest BCUT2D eigenvalue weighted by Crippen LogP contribution is -2.58. The van der Waals surface area contributed by atoms with Gasteiger partial charge in [-0.2, -0.15) is 0 Å². The minimum Gasteiger partial charge on any atom is -0.468 e. The Labute approximate surface area is 119 Å². The summed E-state index contributed by atoms with van der Waals surface area (Å²) in [7, 11) is -1.62. The fourth-order valence-electron chi connectivity index (χ4n) is 2.37. The smallest absolute Gasteiger partial charge is 0.319 e. The van der Waals surface area contributed by atoms with Crippen molar-refractivity contribution in [3.63, 3.8) is 0 Å². The number of carbonyl (C=O) groups is 1. The molecule has 2 rings (SSSR count). The van der Waals surface area contributed by atoms with Gasteiger partial charge in [-0.3, -0.25) is 9.69 Å². The fraction of sp³-hybridized carbons (Fsp3) is 0.889. The van der Waals surface area contributed by atoms with Crippen molar-refractivity contribution in [2.45, 2.75) is 12.1 Å². The zero-order valence-electron chi connectivity index (χ0n) is 10.00. The summed E-state index contributed by atoms with van der Waals surface area (Å²) in [4.78, 5) is 13.1. The number of hydrogen-bond donors (Lipinski definition) is 1. The van der Waals surface area contributed by atoms with Gasteiger partial charge in [0.2, 0.25) is 0 Å². The molecule has 0 aromatic heterocycles. The van der Waals surface area contributed by atoms with E-state index >= 15 is 0 Å². The molecule has 2 atom stereocenters. The van der Waals surface area contributed by atoms with Crippen molar-refractivity contribution in [3.8, 4) is 0 Å². The van der Waals surface area contributed by atoms with E-state index in [4.69, 9.17) is 0 Å².